The van der Waals surface area contributed by atoms with Crippen LogP contribution in [0.2, 0.25) is 0 Å². The SMILES string of the molecule is CC1(C)CC(=O)c2cc(NC(=O)C3CC3)ccc2O1. The highest BCUT2D eigenvalue weighted by Gasteiger charge is 2.33. The van der Waals surface area contributed by atoms with Gasteiger partial charge >= 0.3 is 0 Å². The lowest BCUT2D eigenvalue weighted by atomic mass is 9.93. The number of amides is 1. The van der Waals surface area contributed by atoms with E-state index >= 15 is 0 Å². The molecule has 0 unspecified atom stereocenters. The van der Waals surface area contributed by atoms with Gasteiger partial charge in [-0.1, -0.05) is 0 Å². The maximum Gasteiger partial charge on any atom is 0.227 e. The summed E-state index contributed by atoms with van der Waals surface area (Å²) < 4.78 is 5.78. The summed E-state index contributed by atoms with van der Waals surface area (Å²) in [5, 5.41) is 2.85. The second-order valence-corrected chi connectivity index (χ2v) is 5.94. The molecule has 0 atom stereocenters. The molecule has 2 aliphatic rings. The standard InChI is InChI=1S/C15H17NO3/c1-15(2)8-12(17)11-7-10(5-6-13(11)19-15)16-14(18)9-3-4-9/h5-7,9H,3-4,8H2,1-2H3,(H,16,18). The number of anilines is 1. The number of hydrogen-bond acceptors (Lipinski definition) is 3. The van der Waals surface area contributed by atoms with Gasteiger partial charge in [-0.25, -0.2) is 0 Å². The third-order valence-electron chi connectivity index (χ3n) is 3.47. The zero-order chi connectivity index (χ0) is 13.6. The first-order chi connectivity index (χ1) is 8.94. The van der Waals surface area contributed by atoms with Gasteiger partial charge in [0.2, 0.25) is 5.91 Å². The maximum absolute atomic E-state index is 12.1. The summed E-state index contributed by atoms with van der Waals surface area (Å²) in [6, 6.07) is 5.26. The van der Waals surface area contributed by atoms with Gasteiger partial charge in [0.05, 0.1) is 12.0 Å². The second-order valence-electron chi connectivity index (χ2n) is 5.94. The monoisotopic (exact) mass is 259 g/mol. The zero-order valence-corrected chi connectivity index (χ0v) is 11.2. The van der Waals surface area contributed by atoms with Crippen molar-refractivity contribution in [3.63, 3.8) is 0 Å². The summed E-state index contributed by atoms with van der Waals surface area (Å²) in [4.78, 5) is 23.8. The van der Waals surface area contributed by atoms with Gasteiger partial charge in [-0.2, -0.15) is 0 Å². The molecular formula is C15H17NO3. The molecule has 19 heavy (non-hydrogen) atoms. The fourth-order valence-corrected chi connectivity index (χ4v) is 2.32. The Kier molecular flexibility index (Phi) is 2.62. The summed E-state index contributed by atoms with van der Waals surface area (Å²) in [5.41, 5.74) is 0.781. The molecule has 4 heteroatoms. The van der Waals surface area contributed by atoms with Gasteiger partial charge in [0.15, 0.2) is 5.78 Å². The molecule has 0 saturated heterocycles. The Hall–Kier alpha value is -1.84. The highest BCUT2D eigenvalue weighted by Crippen LogP contribution is 2.35. The Morgan fingerprint density at radius 3 is 2.79 bits per heavy atom. The van der Waals surface area contributed by atoms with Gasteiger partial charge in [-0.05, 0) is 44.9 Å². The number of ether oxygens (including phenoxy) is 1. The van der Waals surface area contributed by atoms with Crippen molar-refractivity contribution in [2.24, 2.45) is 5.92 Å². The normalized spacial score (nSPS) is 20.4. The number of rotatable bonds is 2. The zero-order valence-electron chi connectivity index (χ0n) is 11.2. The lowest BCUT2D eigenvalue weighted by molar-refractivity contribution is -0.117. The molecular weight excluding hydrogens is 242 g/mol. The molecule has 1 aromatic carbocycles. The van der Waals surface area contributed by atoms with E-state index in [1.165, 1.54) is 0 Å². The van der Waals surface area contributed by atoms with Crippen LogP contribution in [0.3, 0.4) is 0 Å². The number of carbonyl (C=O) groups excluding carboxylic acids is 2. The van der Waals surface area contributed by atoms with Gasteiger partial charge in [0.1, 0.15) is 11.4 Å². The van der Waals surface area contributed by atoms with E-state index in [1.807, 2.05) is 13.8 Å². The van der Waals surface area contributed by atoms with Gasteiger partial charge in [-0.15, -0.1) is 0 Å². The molecule has 4 nitrogen and oxygen atoms in total. The lowest BCUT2D eigenvalue weighted by Gasteiger charge is -2.31. The number of hydrogen-bond donors (Lipinski definition) is 1. The molecule has 0 radical (unpaired) electrons. The predicted molar refractivity (Wildman–Crippen MR) is 71.5 cm³/mol. The van der Waals surface area contributed by atoms with Crippen LogP contribution >= 0.6 is 0 Å². The lowest BCUT2D eigenvalue weighted by Crippen LogP contribution is -2.35. The number of fused-ring (bicyclic) bond motifs is 1. The number of nitrogens with one attached hydrogen (secondary N) is 1. The van der Waals surface area contributed by atoms with Crippen molar-refractivity contribution < 1.29 is 14.3 Å². The van der Waals surface area contributed by atoms with Crippen LogP contribution in [0.4, 0.5) is 5.69 Å². The smallest absolute Gasteiger partial charge is 0.227 e. The maximum atomic E-state index is 12.1. The number of benzene rings is 1. The summed E-state index contributed by atoms with van der Waals surface area (Å²) in [7, 11) is 0. The van der Waals surface area contributed by atoms with Crippen molar-refractivity contribution in [1.29, 1.82) is 0 Å². The first kappa shape index (κ1) is 12.2. The quantitative estimate of drug-likeness (QED) is 0.888. The minimum atomic E-state index is -0.455. The van der Waals surface area contributed by atoms with E-state index in [1.54, 1.807) is 18.2 Å². The van der Waals surface area contributed by atoms with Crippen molar-refractivity contribution in [3.05, 3.63) is 23.8 Å². The highest BCUT2D eigenvalue weighted by atomic mass is 16.5. The van der Waals surface area contributed by atoms with Crippen LogP contribution in [0.15, 0.2) is 18.2 Å². The van der Waals surface area contributed by atoms with E-state index in [9.17, 15) is 9.59 Å². The van der Waals surface area contributed by atoms with Crippen LogP contribution in [-0.2, 0) is 4.79 Å². The van der Waals surface area contributed by atoms with Gasteiger partial charge in [-0.3, -0.25) is 9.59 Å². The third-order valence-corrected chi connectivity index (χ3v) is 3.47. The second kappa shape index (κ2) is 4.08. The fraction of sp³-hybridized carbons (Fsp3) is 0.467. The Balaban J connectivity index is 1.85. The first-order valence-corrected chi connectivity index (χ1v) is 6.62. The summed E-state index contributed by atoms with van der Waals surface area (Å²) in [6.45, 7) is 3.80. The fourth-order valence-electron chi connectivity index (χ4n) is 2.32. The van der Waals surface area contributed by atoms with E-state index in [2.05, 4.69) is 5.32 Å². The molecule has 1 N–H and O–H groups in total. The first-order valence-electron chi connectivity index (χ1n) is 6.62. The van der Waals surface area contributed by atoms with Crippen LogP contribution in [0.25, 0.3) is 0 Å². The predicted octanol–water partition coefficient (Wildman–Crippen LogP) is 2.78. The van der Waals surface area contributed by atoms with Crippen LogP contribution in [0.5, 0.6) is 5.75 Å². The summed E-state index contributed by atoms with van der Waals surface area (Å²) >= 11 is 0. The summed E-state index contributed by atoms with van der Waals surface area (Å²) in [5.74, 6) is 0.866. The van der Waals surface area contributed by atoms with E-state index < -0.39 is 5.60 Å². The topological polar surface area (TPSA) is 55.4 Å². The van der Waals surface area contributed by atoms with E-state index in [4.69, 9.17) is 4.74 Å². The molecule has 1 saturated carbocycles. The van der Waals surface area contributed by atoms with Gasteiger partial charge in [0, 0.05) is 11.6 Å². The molecule has 1 heterocycles. The minimum Gasteiger partial charge on any atom is -0.487 e. The minimum absolute atomic E-state index is 0.0458. The van der Waals surface area contributed by atoms with Crippen molar-refractivity contribution >= 4 is 17.4 Å². The van der Waals surface area contributed by atoms with Crippen LogP contribution in [0.1, 0.15) is 43.5 Å². The Morgan fingerprint density at radius 1 is 1.37 bits per heavy atom. The van der Waals surface area contributed by atoms with Crippen molar-refractivity contribution in [2.75, 3.05) is 5.32 Å². The Bertz CT molecular complexity index is 559. The molecule has 1 fully saturated rings. The molecule has 1 aromatic rings. The molecule has 0 bridgehead atoms. The van der Waals surface area contributed by atoms with Crippen molar-refractivity contribution in [1.82, 2.24) is 0 Å². The Labute approximate surface area is 112 Å². The molecule has 1 aliphatic heterocycles. The highest BCUT2D eigenvalue weighted by molar-refractivity contribution is 6.02. The average Bonchev–Trinajstić information content (AvgIpc) is 3.12. The van der Waals surface area contributed by atoms with Crippen LogP contribution in [0, 0.1) is 5.92 Å². The van der Waals surface area contributed by atoms with E-state index in [-0.39, 0.29) is 17.6 Å². The molecule has 3 rings (SSSR count). The van der Waals surface area contributed by atoms with E-state index in [0.717, 1.165) is 12.8 Å². The van der Waals surface area contributed by atoms with E-state index in [0.29, 0.717) is 23.4 Å². The third kappa shape index (κ3) is 2.48. The average molecular weight is 259 g/mol. The summed E-state index contributed by atoms with van der Waals surface area (Å²) in [6.07, 6.45) is 2.29. The number of carbonyl (C=O) groups is 2. The van der Waals surface area contributed by atoms with Gasteiger partial charge < -0.3 is 10.1 Å². The number of Topliss-reactive ketones (excluding diaryl/α,β-unsaturated/α-hetero) is 1. The number of ketones is 1. The molecule has 0 aromatic heterocycles. The van der Waals surface area contributed by atoms with Crippen molar-refractivity contribution in [2.45, 2.75) is 38.7 Å². The molecule has 0 spiro atoms. The van der Waals surface area contributed by atoms with Crippen LogP contribution < -0.4 is 10.1 Å². The molecule has 1 aliphatic carbocycles. The molecule has 1 amide bonds. The largest absolute Gasteiger partial charge is 0.487 e. The van der Waals surface area contributed by atoms with Gasteiger partial charge in [0.25, 0.3) is 0 Å². The Morgan fingerprint density at radius 2 is 2.11 bits per heavy atom. The molecule has 100 valence electrons. The van der Waals surface area contributed by atoms with Crippen molar-refractivity contribution in [3.8, 4) is 5.75 Å². The van der Waals surface area contributed by atoms with Crippen LogP contribution in [-0.4, -0.2) is 17.3 Å².